The van der Waals surface area contributed by atoms with Crippen LogP contribution in [0.2, 0.25) is 0 Å². The highest BCUT2D eigenvalue weighted by atomic mass is 19.3. The molecule has 174 valence electrons. The second kappa shape index (κ2) is 9.68. The van der Waals surface area contributed by atoms with Gasteiger partial charge in [0.05, 0.1) is 5.54 Å². The predicted molar refractivity (Wildman–Crippen MR) is 117 cm³/mol. The van der Waals surface area contributed by atoms with Gasteiger partial charge in [0.1, 0.15) is 19.0 Å². The number of carbonyl (C=O) groups excluding carboxylic acids is 1. The van der Waals surface area contributed by atoms with Crippen molar-refractivity contribution in [3.63, 3.8) is 0 Å². The molecule has 2 aromatic rings. The fraction of sp³-hybridized carbons (Fsp3) is 0.478. The quantitative estimate of drug-likeness (QED) is 0.663. The zero-order valence-electron chi connectivity index (χ0n) is 18.9. The number of anilines is 1. The summed E-state index contributed by atoms with van der Waals surface area (Å²) < 4.78 is 42.8. The number of nitrogens with one attached hydrogen (secondary N) is 2. The van der Waals surface area contributed by atoms with Crippen molar-refractivity contribution in [2.24, 2.45) is 0 Å². The maximum absolute atomic E-state index is 13.2. The van der Waals surface area contributed by atoms with Crippen LogP contribution in [0.25, 0.3) is 11.1 Å². The lowest BCUT2D eigenvalue weighted by atomic mass is 9.85. The Hall–Kier alpha value is -2.94. The van der Waals surface area contributed by atoms with E-state index < -0.39 is 6.61 Å². The number of carbonyl (C=O) groups is 1. The highest BCUT2D eigenvalue weighted by Gasteiger charge is 2.38. The van der Waals surface area contributed by atoms with Gasteiger partial charge < -0.3 is 24.8 Å². The molecule has 9 heteroatoms. The average Bonchev–Trinajstić information content (AvgIpc) is 2.72. The molecule has 4 rings (SSSR count). The van der Waals surface area contributed by atoms with Crippen molar-refractivity contribution in [1.82, 2.24) is 10.3 Å². The van der Waals surface area contributed by atoms with Gasteiger partial charge in [-0.2, -0.15) is 8.78 Å². The van der Waals surface area contributed by atoms with Gasteiger partial charge >= 0.3 is 6.61 Å². The highest BCUT2D eigenvalue weighted by molar-refractivity contribution is 5.89. The first-order chi connectivity index (χ1) is 15.2. The Labute approximate surface area is 186 Å². The topological polar surface area (TPSA) is 81.7 Å². The summed E-state index contributed by atoms with van der Waals surface area (Å²) in [6.45, 7) is 6.88. The number of halogens is 2. The molecule has 1 amide bonds. The van der Waals surface area contributed by atoms with Gasteiger partial charge in [-0.25, -0.2) is 4.98 Å². The smallest absolute Gasteiger partial charge is 0.387 e. The lowest BCUT2D eigenvalue weighted by molar-refractivity contribution is -0.114. The molecular weight excluding hydrogens is 420 g/mol. The Morgan fingerprint density at radius 3 is 2.72 bits per heavy atom. The van der Waals surface area contributed by atoms with Gasteiger partial charge in [-0.05, 0) is 44.0 Å². The van der Waals surface area contributed by atoms with E-state index in [0.717, 1.165) is 17.5 Å². The molecule has 1 aromatic carbocycles. The van der Waals surface area contributed by atoms with Gasteiger partial charge in [0.2, 0.25) is 11.7 Å². The Kier molecular flexibility index (Phi) is 7.18. The first-order valence-corrected chi connectivity index (χ1v) is 10.7. The van der Waals surface area contributed by atoms with Gasteiger partial charge in [0.15, 0.2) is 11.5 Å². The average molecular weight is 449 g/mol. The van der Waals surface area contributed by atoms with Crippen molar-refractivity contribution in [2.75, 3.05) is 11.9 Å². The lowest BCUT2D eigenvalue weighted by Crippen LogP contribution is -2.63. The third-order valence-electron chi connectivity index (χ3n) is 5.13. The van der Waals surface area contributed by atoms with Gasteiger partial charge in [0, 0.05) is 30.3 Å². The fourth-order valence-corrected chi connectivity index (χ4v) is 4.05. The minimum atomic E-state index is -3.03. The maximum Gasteiger partial charge on any atom is 0.387 e. The van der Waals surface area contributed by atoms with Crippen LogP contribution in [-0.2, 0) is 11.4 Å². The summed E-state index contributed by atoms with van der Waals surface area (Å²) in [5.41, 5.74) is 1.84. The van der Waals surface area contributed by atoms with E-state index in [9.17, 15) is 13.6 Å². The van der Waals surface area contributed by atoms with Crippen LogP contribution >= 0.6 is 0 Å². The second-order valence-electron chi connectivity index (χ2n) is 7.94. The van der Waals surface area contributed by atoms with Crippen molar-refractivity contribution >= 4 is 11.7 Å². The summed E-state index contributed by atoms with van der Waals surface area (Å²) in [5, 5.41) is 5.98. The van der Waals surface area contributed by atoms with E-state index in [1.54, 1.807) is 24.4 Å². The number of hydrogen-bond donors (Lipinski definition) is 2. The summed E-state index contributed by atoms with van der Waals surface area (Å²) in [6.07, 6.45) is 2.51. The molecule has 0 spiro atoms. The number of benzene rings is 1. The molecule has 0 saturated carbocycles. The van der Waals surface area contributed by atoms with Crippen molar-refractivity contribution in [3.8, 4) is 28.4 Å². The van der Waals surface area contributed by atoms with Crippen molar-refractivity contribution < 1.29 is 27.8 Å². The maximum atomic E-state index is 13.2. The molecule has 2 aliphatic heterocycles. The highest BCUT2D eigenvalue weighted by Crippen LogP contribution is 2.49. The van der Waals surface area contributed by atoms with Crippen LogP contribution in [0.1, 0.15) is 46.6 Å². The molecule has 1 saturated heterocycles. The molecule has 7 nitrogen and oxygen atoms in total. The minimum Gasteiger partial charge on any atom is -0.488 e. The molecule has 2 N–H and O–H groups in total. The van der Waals surface area contributed by atoms with Gasteiger partial charge in [-0.1, -0.05) is 13.8 Å². The van der Waals surface area contributed by atoms with E-state index in [1.165, 1.54) is 6.92 Å². The van der Waals surface area contributed by atoms with Gasteiger partial charge in [-0.15, -0.1) is 0 Å². The van der Waals surface area contributed by atoms with E-state index in [4.69, 9.17) is 14.2 Å². The molecular formula is C23H29F2N3O4. The van der Waals surface area contributed by atoms with Crippen LogP contribution in [0.4, 0.5) is 14.6 Å². The molecule has 0 aliphatic carbocycles. The number of rotatable bonds is 6. The van der Waals surface area contributed by atoms with Crippen LogP contribution in [-0.4, -0.2) is 35.7 Å². The van der Waals surface area contributed by atoms with E-state index in [1.807, 2.05) is 20.8 Å². The molecule has 0 bridgehead atoms. The van der Waals surface area contributed by atoms with Gasteiger partial charge in [0.25, 0.3) is 0 Å². The standard InChI is InChI=1S/C21H23F2N3O4.C2H6/c1-11-7-21(3,26-11)10-29-16-5-4-14-15-6-17(25-12(2)27)24-8-13(15)9-28-18(14)19(16)30-20(22)23;1-2/h4-6,8,11,20,26H,7,9-10H2,1-3H3,(H,24,25,27);1-2H3. The summed E-state index contributed by atoms with van der Waals surface area (Å²) in [7, 11) is 0. The third-order valence-corrected chi connectivity index (χ3v) is 5.13. The number of pyridine rings is 1. The largest absolute Gasteiger partial charge is 0.488 e. The van der Waals surface area contributed by atoms with Crippen LogP contribution in [0.15, 0.2) is 24.4 Å². The van der Waals surface area contributed by atoms with Crippen LogP contribution in [0.5, 0.6) is 17.2 Å². The molecule has 2 unspecified atom stereocenters. The normalized spacial score (nSPS) is 20.6. The zero-order chi connectivity index (χ0) is 23.5. The summed E-state index contributed by atoms with van der Waals surface area (Å²) in [4.78, 5) is 15.5. The number of nitrogens with zero attached hydrogens (tertiary/aromatic N) is 1. The molecule has 1 aromatic heterocycles. The Balaban J connectivity index is 0.00000141. The second-order valence-corrected chi connectivity index (χ2v) is 7.94. The Morgan fingerprint density at radius 2 is 2.09 bits per heavy atom. The van der Waals surface area contributed by atoms with E-state index in [0.29, 0.717) is 24.0 Å². The van der Waals surface area contributed by atoms with E-state index in [2.05, 4.69) is 22.5 Å². The fourth-order valence-electron chi connectivity index (χ4n) is 4.05. The molecule has 1 fully saturated rings. The summed E-state index contributed by atoms with van der Waals surface area (Å²) in [5.74, 6) is 0.343. The molecule has 2 atom stereocenters. The molecule has 2 aliphatic rings. The minimum absolute atomic E-state index is 0.134. The molecule has 32 heavy (non-hydrogen) atoms. The number of fused-ring (bicyclic) bond motifs is 3. The molecule has 0 radical (unpaired) electrons. The monoisotopic (exact) mass is 449 g/mol. The summed E-state index contributed by atoms with van der Waals surface area (Å²) >= 11 is 0. The van der Waals surface area contributed by atoms with Crippen molar-refractivity contribution in [3.05, 3.63) is 30.0 Å². The predicted octanol–water partition coefficient (Wildman–Crippen LogP) is 4.75. The lowest BCUT2D eigenvalue weighted by Gasteiger charge is -2.45. The first-order valence-electron chi connectivity index (χ1n) is 10.7. The van der Waals surface area contributed by atoms with E-state index in [-0.39, 0.29) is 35.3 Å². The first kappa shape index (κ1) is 23.7. The number of amides is 1. The SMILES string of the molecule is CC.CC(=O)Nc1cc2c(cn1)COc1c-2ccc(OCC2(C)CC(C)N2)c1OC(F)F. The van der Waals surface area contributed by atoms with Crippen molar-refractivity contribution in [2.45, 2.75) is 65.8 Å². The zero-order valence-corrected chi connectivity index (χ0v) is 18.9. The molecule has 3 heterocycles. The van der Waals surface area contributed by atoms with Crippen LogP contribution in [0, 0.1) is 0 Å². The number of ether oxygens (including phenoxy) is 3. The Morgan fingerprint density at radius 1 is 1.38 bits per heavy atom. The number of hydrogen-bond acceptors (Lipinski definition) is 6. The Bertz CT molecular complexity index is 978. The number of alkyl halides is 2. The number of aromatic nitrogens is 1. The van der Waals surface area contributed by atoms with Gasteiger partial charge in [-0.3, -0.25) is 4.79 Å². The van der Waals surface area contributed by atoms with Crippen molar-refractivity contribution in [1.29, 1.82) is 0 Å². The summed E-state index contributed by atoms with van der Waals surface area (Å²) in [6, 6.07) is 5.41. The van der Waals surface area contributed by atoms with Crippen LogP contribution < -0.4 is 24.8 Å². The third kappa shape index (κ3) is 5.09. The van der Waals surface area contributed by atoms with Crippen LogP contribution in [0.3, 0.4) is 0 Å². The van der Waals surface area contributed by atoms with E-state index >= 15 is 0 Å².